The molecule has 0 saturated heterocycles. The molecule has 0 spiro atoms. The highest BCUT2D eigenvalue weighted by Crippen LogP contribution is 2.52. The number of aromatic nitrogens is 2. The molecule has 13 aromatic rings. The Kier molecular flexibility index (Phi) is 8.62. The van der Waals surface area contributed by atoms with Crippen LogP contribution in [0.3, 0.4) is 0 Å². The molecule has 0 amide bonds. The molecule has 0 atom stereocenters. The third kappa shape index (κ3) is 5.49. The fraction of sp³-hybridized carbons (Fsp3) is 0.0968. The molecule has 0 bridgehead atoms. The standard InChI is InChI=1S/C62H44N6/c1-37(2)39-22-26-44(27-23-39)65(42-15-8-6-9-16-42)53-32-30-46-48-35-56-49(34-55(48)67-51-20-12-14-41(36-63)57(51)59(53)61(46)67)47-31-33-54(60-58-50(64-5)19-13-21-52(58)68(56)62(47)60)66(43-17-10-7-11-18-43)45-28-24-40(25-29-45)38(3)4/h6-35,37-38H,1-4H3. The Morgan fingerprint density at radius 1 is 0.441 bits per heavy atom. The zero-order chi connectivity index (χ0) is 45.9. The van der Waals surface area contributed by atoms with Crippen molar-refractivity contribution in [1.82, 2.24) is 8.80 Å². The maximum absolute atomic E-state index is 10.8. The number of rotatable bonds is 8. The summed E-state index contributed by atoms with van der Waals surface area (Å²) in [4.78, 5) is 8.85. The van der Waals surface area contributed by atoms with Gasteiger partial charge in [-0.3, -0.25) is 0 Å². The van der Waals surface area contributed by atoms with Crippen molar-refractivity contribution in [2.24, 2.45) is 0 Å². The van der Waals surface area contributed by atoms with E-state index >= 15 is 0 Å². The smallest absolute Gasteiger partial charge is 0.197 e. The number of anilines is 6. The maximum Gasteiger partial charge on any atom is 0.197 e. The van der Waals surface area contributed by atoms with E-state index in [1.54, 1.807) is 0 Å². The lowest BCUT2D eigenvalue weighted by Crippen LogP contribution is -2.10. The number of benzene rings is 9. The molecule has 4 aromatic heterocycles. The third-order valence-corrected chi connectivity index (χ3v) is 14.4. The fourth-order valence-electron chi connectivity index (χ4n) is 11.2. The van der Waals surface area contributed by atoms with Crippen LogP contribution >= 0.6 is 0 Å². The topological polar surface area (TPSA) is 43.5 Å². The Hall–Kier alpha value is -8.84. The van der Waals surface area contributed by atoms with Gasteiger partial charge in [-0.15, -0.1) is 0 Å². The van der Waals surface area contributed by atoms with Crippen LogP contribution in [-0.2, 0) is 0 Å². The SMILES string of the molecule is [C-]#[N+]c1cccc2c1c1c(N(c3ccccc3)c3ccc(C(C)C)cc3)ccc3c4cc5c(cc4n2c31)c1ccc(N(c2ccccc2)c2ccc(C(C)C)cc2)c2c3c(C#N)cccc3n5c12. The number of nitrogens with zero attached hydrogens (tertiary/aromatic N) is 6. The Balaban J connectivity index is 1.13. The Labute approximate surface area is 393 Å². The van der Waals surface area contributed by atoms with Gasteiger partial charge in [0.15, 0.2) is 5.69 Å². The van der Waals surface area contributed by atoms with Crippen LogP contribution in [0.4, 0.5) is 39.8 Å². The molecule has 0 N–H and O–H groups in total. The zero-order valence-corrected chi connectivity index (χ0v) is 38.2. The lowest BCUT2D eigenvalue weighted by Gasteiger charge is -2.27. The summed E-state index contributed by atoms with van der Waals surface area (Å²) in [6, 6.07) is 67.6. The maximum atomic E-state index is 10.8. The van der Waals surface area contributed by atoms with E-state index in [2.05, 4.69) is 215 Å². The molecule has 0 radical (unpaired) electrons. The molecule has 68 heavy (non-hydrogen) atoms. The van der Waals surface area contributed by atoms with Crippen molar-refractivity contribution in [2.45, 2.75) is 39.5 Å². The molecule has 0 aliphatic heterocycles. The Morgan fingerprint density at radius 3 is 1.34 bits per heavy atom. The van der Waals surface area contributed by atoms with E-state index in [1.165, 1.54) is 11.1 Å². The van der Waals surface area contributed by atoms with Gasteiger partial charge in [0.25, 0.3) is 0 Å². The molecule has 4 heterocycles. The van der Waals surface area contributed by atoms with Crippen LogP contribution in [0.25, 0.3) is 81.0 Å². The van der Waals surface area contributed by atoms with Gasteiger partial charge in [0.2, 0.25) is 0 Å². The van der Waals surface area contributed by atoms with E-state index in [-0.39, 0.29) is 0 Å². The quantitative estimate of drug-likeness (QED) is 0.143. The number of hydrogen-bond donors (Lipinski definition) is 0. The van der Waals surface area contributed by atoms with E-state index in [4.69, 9.17) is 6.57 Å². The van der Waals surface area contributed by atoms with Gasteiger partial charge in [0, 0.05) is 71.4 Å². The zero-order valence-electron chi connectivity index (χ0n) is 38.2. The Bertz CT molecular complexity index is 3930. The summed E-state index contributed by atoms with van der Waals surface area (Å²) in [5.41, 5.74) is 16.5. The largest absolute Gasteiger partial charge is 0.310 e. The molecule has 9 aromatic carbocycles. The summed E-state index contributed by atoms with van der Waals surface area (Å²) >= 11 is 0. The first kappa shape index (κ1) is 39.5. The van der Waals surface area contributed by atoms with Crippen molar-refractivity contribution in [1.29, 1.82) is 5.26 Å². The fourth-order valence-corrected chi connectivity index (χ4v) is 11.2. The van der Waals surface area contributed by atoms with Crippen LogP contribution in [0, 0.1) is 17.9 Å². The molecule has 13 rings (SSSR count). The van der Waals surface area contributed by atoms with Crippen molar-refractivity contribution in [3.05, 3.63) is 210 Å². The van der Waals surface area contributed by atoms with Gasteiger partial charge in [-0.05, 0) is 114 Å². The van der Waals surface area contributed by atoms with E-state index in [0.29, 0.717) is 23.1 Å². The highest BCUT2D eigenvalue weighted by atomic mass is 15.2. The molecular weight excluding hydrogens is 829 g/mol. The lowest BCUT2D eigenvalue weighted by atomic mass is 10.00. The van der Waals surface area contributed by atoms with Crippen molar-refractivity contribution >= 4 is 116 Å². The first-order valence-corrected chi connectivity index (χ1v) is 23.4. The van der Waals surface area contributed by atoms with E-state index < -0.39 is 0 Å². The van der Waals surface area contributed by atoms with E-state index in [9.17, 15) is 5.26 Å². The van der Waals surface area contributed by atoms with Crippen molar-refractivity contribution < 1.29 is 0 Å². The summed E-state index contributed by atoms with van der Waals surface area (Å²) in [5, 5.41) is 19.3. The summed E-state index contributed by atoms with van der Waals surface area (Å²) in [5.74, 6) is 0.819. The van der Waals surface area contributed by atoms with Gasteiger partial charge in [-0.25, -0.2) is 4.85 Å². The number of para-hydroxylation sites is 2. The predicted molar refractivity (Wildman–Crippen MR) is 284 cm³/mol. The summed E-state index contributed by atoms with van der Waals surface area (Å²) < 4.78 is 4.80. The van der Waals surface area contributed by atoms with Crippen molar-refractivity contribution in [3.63, 3.8) is 0 Å². The molecule has 0 aliphatic carbocycles. The average Bonchev–Trinajstić information content (AvgIpc) is 4.11. The van der Waals surface area contributed by atoms with Gasteiger partial charge in [0.05, 0.1) is 57.2 Å². The van der Waals surface area contributed by atoms with Gasteiger partial charge in [0.1, 0.15) is 0 Å². The van der Waals surface area contributed by atoms with Gasteiger partial charge >= 0.3 is 0 Å². The monoisotopic (exact) mass is 872 g/mol. The summed E-state index contributed by atoms with van der Waals surface area (Å²) in [7, 11) is 0. The normalized spacial score (nSPS) is 12.1. The first-order chi connectivity index (χ1) is 33.3. The van der Waals surface area contributed by atoms with Gasteiger partial charge in [-0.2, -0.15) is 5.26 Å². The highest BCUT2D eigenvalue weighted by Gasteiger charge is 2.29. The van der Waals surface area contributed by atoms with Crippen LogP contribution in [0.5, 0.6) is 0 Å². The van der Waals surface area contributed by atoms with Crippen LogP contribution < -0.4 is 9.80 Å². The Morgan fingerprint density at radius 2 is 0.882 bits per heavy atom. The minimum absolute atomic E-state index is 0.409. The van der Waals surface area contributed by atoms with Crippen molar-refractivity contribution in [2.75, 3.05) is 9.80 Å². The summed E-state index contributed by atoms with van der Waals surface area (Å²) in [6.45, 7) is 17.4. The second-order valence-electron chi connectivity index (χ2n) is 18.7. The van der Waals surface area contributed by atoms with Gasteiger partial charge < -0.3 is 18.6 Å². The van der Waals surface area contributed by atoms with Gasteiger partial charge in [-0.1, -0.05) is 119 Å². The number of fused-ring (bicyclic) bond motifs is 12. The third-order valence-electron chi connectivity index (χ3n) is 14.4. The molecule has 0 fully saturated rings. The predicted octanol–water partition coefficient (Wildman–Crippen LogP) is 17.6. The van der Waals surface area contributed by atoms with E-state index in [0.717, 1.165) is 110 Å². The molecule has 0 saturated carbocycles. The average molecular weight is 873 g/mol. The van der Waals surface area contributed by atoms with Crippen LogP contribution in [0.2, 0.25) is 0 Å². The molecule has 322 valence electrons. The summed E-state index contributed by atoms with van der Waals surface area (Å²) in [6.07, 6.45) is 0. The molecule has 0 aliphatic rings. The minimum Gasteiger partial charge on any atom is -0.310 e. The number of nitriles is 1. The van der Waals surface area contributed by atoms with Crippen LogP contribution in [-0.4, -0.2) is 8.80 Å². The first-order valence-electron chi connectivity index (χ1n) is 23.4. The number of hydrogen-bond acceptors (Lipinski definition) is 3. The van der Waals surface area contributed by atoms with Crippen LogP contribution in [0.15, 0.2) is 182 Å². The second kappa shape index (κ2) is 14.8. The highest BCUT2D eigenvalue weighted by molar-refractivity contribution is 6.33. The molecule has 0 unspecified atom stereocenters. The second-order valence-corrected chi connectivity index (χ2v) is 18.7. The molecule has 6 nitrogen and oxygen atoms in total. The minimum atomic E-state index is 0.409. The van der Waals surface area contributed by atoms with E-state index in [1.807, 2.05) is 24.3 Å². The lowest BCUT2D eigenvalue weighted by molar-refractivity contribution is 0.866. The molecular formula is C62H44N6. The van der Waals surface area contributed by atoms with Crippen LogP contribution in [0.1, 0.15) is 56.2 Å². The molecule has 6 heteroatoms. The van der Waals surface area contributed by atoms with Crippen molar-refractivity contribution in [3.8, 4) is 6.07 Å².